The van der Waals surface area contributed by atoms with Crippen molar-refractivity contribution in [3.63, 3.8) is 0 Å². The molecule has 0 aliphatic rings. The zero-order chi connectivity index (χ0) is 20.2. The van der Waals surface area contributed by atoms with Gasteiger partial charge in [0.1, 0.15) is 4.90 Å². The fraction of sp³-hybridized carbons (Fsp3) is 0.176. The third-order valence-corrected chi connectivity index (χ3v) is 4.50. The van der Waals surface area contributed by atoms with Crippen LogP contribution in [0.25, 0.3) is 0 Å². The van der Waals surface area contributed by atoms with Crippen molar-refractivity contribution in [2.75, 3.05) is 7.11 Å². The molecule has 0 heterocycles. The molecule has 27 heavy (non-hydrogen) atoms. The van der Waals surface area contributed by atoms with Gasteiger partial charge < -0.3 is 4.74 Å². The van der Waals surface area contributed by atoms with Gasteiger partial charge >= 0.3 is 22.3 Å². The van der Waals surface area contributed by atoms with E-state index in [1.807, 2.05) is 0 Å². The van der Waals surface area contributed by atoms with Crippen molar-refractivity contribution in [2.24, 2.45) is 5.16 Å². The fourth-order valence-corrected chi connectivity index (χ4v) is 2.71. The van der Waals surface area contributed by atoms with Crippen LogP contribution in [0.4, 0.5) is 13.2 Å². The maximum atomic E-state index is 13.3. The Balaban J connectivity index is 2.36. The molecule has 0 amide bonds. The van der Waals surface area contributed by atoms with E-state index in [4.69, 9.17) is 0 Å². The van der Waals surface area contributed by atoms with Gasteiger partial charge in [0.2, 0.25) is 0 Å². The predicted octanol–water partition coefficient (Wildman–Crippen LogP) is 3.45. The van der Waals surface area contributed by atoms with Crippen molar-refractivity contribution in [3.8, 4) is 0 Å². The lowest BCUT2D eigenvalue weighted by molar-refractivity contribution is -0.0597. The van der Waals surface area contributed by atoms with E-state index in [2.05, 4.69) is 14.2 Å². The van der Waals surface area contributed by atoms with Gasteiger partial charge in [0.15, 0.2) is 5.71 Å². The number of alkyl halides is 3. The Morgan fingerprint density at radius 1 is 0.963 bits per heavy atom. The molecule has 0 bridgehead atoms. The summed E-state index contributed by atoms with van der Waals surface area (Å²) in [6.07, 6.45) is -4.99. The van der Waals surface area contributed by atoms with Gasteiger partial charge in [0.25, 0.3) is 0 Å². The van der Waals surface area contributed by atoms with Gasteiger partial charge in [-0.2, -0.15) is 21.6 Å². The second-order valence-corrected chi connectivity index (χ2v) is 6.88. The number of oxime groups is 1. The summed E-state index contributed by atoms with van der Waals surface area (Å²) in [4.78, 5) is 11.0. The quantitative estimate of drug-likeness (QED) is 0.435. The lowest BCUT2D eigenvalue weighted by Gasteiger charge is -2.11. The van der Waals surface area contributed by atoms with Crippen molar-refractivity contribution in [1.29, 1.82) is 0 Å². The highest BCUT2D eigenvalue weighted by Gasteiger charge is 2.38. The van der Waals surface area contributed by atoms with Crippen molar-refractivity contribution in [2.45, 2.75) is 18.0 Å². The number of halogens is 3. The number of hydrogen-bond acceptors (Lipinski definition) is 6. The highest BCUT2D eigenvalue weighted by atomic mass is 32.2. The predicted molar refractivity (Wildman–Crippen MR) is 89.8 cm³/mol. The number of esters is 1. The minimum Gasteiger partial charge on any atom is -0.465 e. The van der Waals surface area contributed by atoms with E-state index in [0.29, 0.717) is 0 Å². The van der Waals surface area contributed by atoms with Gasteiger partial charge in [0, 0.05) is 5.56 Å². The van der Waals surface area contributed by atoms with Gasteiger partial charge in [0.05, 0.1) is 12.7 Å². The second-order valence-electron chi connectivity index (χ2n) is 5.35. The minimum absolute atomic E-state index is 0.0240. The SMILES string of the molecule is COC(=O)c1ccc(C(=NOS(=O)(=O)c2ccc(C)cc2)C(F)(F)F)cc1. The van der Waals surface area contributed by atoms with Crippen LogP contribution in [0.15, 0.2) is 58.6 Å². The van der Waals surface area contributed by atoms with Crippen LogP contribution in [0.5, 0.6) is 0 Å². The number of methoxy groups -OCH3 is 1. The molecule has 6 nitrogen and oxygen atoms in total. The Morgan fingerprint density at radius 2 is 1.48 bits per heavy atom. The molecule has 2 aromatic carbocycles. The smallest absolute Gasteiger partial charge is 0.437 e. The molecule has 0 fully saturated rings. The summed E-state index contributed by atoms with van der Waals surface area (Å²) in [5.74, 6) is -0.731. The molecule has 0 aliphatic carbocycles. The summed E-state index contributed by atoms with van der Waals surface area (Å²) in [5.41, 5.74) is -1.25. The second kappa shape index (κ2) is 7.78. The van der Waals surface area contributed by atoms with E-state index in [-0.39, 0.29) is 10.5 Å². The van der Waals surface area contributed by atoms with Gasteiger partial charge in [-0.05, 0) is 31.2 Å². The average Bonchev–Trinajstić information content (AvgIpc) is 2.61. The minimum atomic E-state index is -4.99. The third-order valence-electron chi connectivity index (χ3n) is 3.38. The van der Waals surface area contributed by atoms with Crippen molar-refractivity contribution >= 4 is 21.8 Å². The zero-order valence-corrected chi connectivity index (χ0v) is 15.0. The Hall–Kier alpha value is -2.88. The summed E-state index contributed by atoms with van der Waals surface area (Å²) < 4.78 is 72.6. The topological polar surface area (TPSA) is 82.0 Å². The van der Waals surface area contributed by atoms with Crippen LogP contribution in [-0.2, 0) is 19.1 Å². The third kappa shape index (κ3) is 5.07. The summed E-state index contributed by atoms with van der Waals surface area (Å²) >= 11 is 0. The van der Waals surface area contributed by atoms with E-state index < -0.39 is 33.5 Å². The van der Waals surface area contributed by atoms with Crippen LogP contribution in [0.1, 0.15) is 21.5 Å². The normalized spacial score (nSPS) is 12.6. The number of rotatable bonds is 5. The van der Waals surface area contributed by atoms with Crippen LogP contribution < -0.4 is 0 Å². The first-order valence-corrected chi connectivity index (χ1v) is 8.79. The van der Waals surface area contributed by atoms with E-state index in [1.54, 1.807) is 6.92 Å². The van der Waals surface area contributed by atoms with Crippen LogP contribution in [0, 0.1) is 6.92 Å². The van der Waals surface area contributed by atoms with E-state index >= 15 is 0 Å². The molecule has 0 saturated carbocycles. The number of nitrogens with zero attached hydrogens (tertiary/aromatic N) is 1. The number of carbonyl (C=O) groups is 1. The average molecular weight is 401 g/mol. The zero-order valence-electron chi connectivity index (χ0n) is 14.1. The number of ether oxygens (including phenoxy) is 1. The van der Waals surface area contributed by atoms with Gasteiger partial charge in [-0.1, -0.05) is 35.0 Å². The first-order valence-electron chi connectivity index (χ1n) is 7.39. The highest BCUT2D eigenvalue weighted by Crippen LogP contribution is 2.24. The standard InChI is InChI=1S/C17H14F3NO5S/c1-11-3-9-14(10-4-11)27(23,24)26-21-15(17(18,19)20)12-5-7-13(8-6-12)16(22)25-2/h3-10H,1-2H3. The van der Waals surface area contributed by atoms with E-state index in [1.165, 1.54) is 24.3 Å². The van der Waals surface area contributed by atoms with Gasteiger partial charge in [-0.25, -0.2) is 4.79 Å². The molecular weight excluding hydrogens is 387 g/mol. The molecule has 0 spiro atoms. The maximum absolute atomic E-state index is 13.3. The first-order chi connectivity index (χ1) is 12.5. The van der Waals surface area contributed by atoms with Crippen molar-refractivity contribution in [3.05, 3.63) is 65.2 Å². The molecular formula is C17H14F3NO5S. The molecule has 0 N–H and O–H groups in total. The summed E-state index contributed by atoms with van der Waals surface area (Å²) in [6.45, 7) is 1.72. The van der Waals surface area contributed by atoms with Crippen LogP contribution in [-0.4, -0.2) is 33.4 Å². The van der Waals surface area contributed by atoms with E-state index in [9.17, 15) is 26.4 Å². The Morgan fingerprint density at radius 3 is 1.96 bits per heavy atom. The van der Waals surface area contributed by atoms with Gasteiger partial charge in [-0.3, -0.25) is 4.28 Å². The number of hydrogen-bond donors (Lipinski definition) is 0. The molecule has 0 saturated heterocycles. The molecule has 0 aliphatic heterocycles. The largest absolute Gasteiger partial charge is 0.465 e. The molecule has 0 atom stereocenters. The maximum Gasteiger partial charge on any atom is 0.437 e. The number of benzene rings is 2. The lowest BCUT2D eigenvalue weighted by Crippen LogP contribution is -2.25. The molecule has 10 heteroatoms. The number of carbonyl (C=O) groups excluding carboxylic acids is 1. The molecule has 0 unspecified atom stereocenters. The Labute approximate surface area is 153 Å². The van der Waals surface area contributed by atoms with Gasteiger partial charge in [-0.15, -0.1) is 0 Å². The first kappa shape index (κ1) is 20.4. The number of aryl methyl sites for hydroxylation is 1. The molecule has 144 valence electrons. The molecule has 0 radical (unpaired) electrons. The van der Waals surface area contributed by atoms with Crippen molar-refractivity contribution in [1.82, 2.24) is 0 Å². The lowest BCUT2D eigenvalue weighted by atomic mass is 10.1. The molecule has 0 aromatic heterocycles. The highest BCUT2D eigenvalue weighted by molar-refractivity contribution is 7.86. The van der Waals surface area contributed by atoms with Crippen LogP contribution in [0.3, 0.4) is 0 Å². The summed E-state index contributed by atoms with van der Waals surface area (Å²) in [7, 11) is -3.40. The summed E-state index contributed by atoms with van der Waals surface area (Å²) in [6, 6.07) is 9.43. The molecule has 2 rings (SSSR count). The Kier molecular flexibility index (Phi) is 5.89. The van der Waals surface area contributed by atoms with Crippen molar-refractivity contribution < 1.29 is 35.4 Å². The Bertz CT molecular complexity index is 950. The summed E-state index contributed by atoms with van der Waals surface area (Å²) in [5, 5.41) is 2.82. The van der Waals surface area contributed by atoms with Crippen LogP contribution >= 0.6 is 0 Å². The fourth-order valence-electron chi connectivity index (χ4n) is 1.98. The monoisotopic (exact) mass is 401 g/mol. The van der Waals surface area contributed by atoms with E-state index in [0.717, 1.165) is 36.9 Å². The molecule has 2 aromatic rings. The van der Waals surface area contributed by atoms with Crippen LogP contribution in [0.2, 0.25) is 0 Å².